The highest BCUT2D eigenvalue weighted by molar-refractivity contribution is 5.46. The highest BCUT2D eigenvalue weighted by atomic mass is 16.5. The van der Waals surface area contributed by atoms with Crippen LogP contribution in [0.2, 0.25) is 0 Å². The molecule has 0 aromatic heterocycles. The first-order valence-corrected chi connectivity index (χ1v) is 5.68. The third-order valence-corrected chi connectivity index (χ3v) is 2.84. The van der Waals surface area contributed by atoms with E-state index in [-0.39, 0.29) is 0 Å². The Morgan fingerprint density at radius 1 is 1.13 bits per heavy atom. The van der Waals surface area contributed by atoms with Crippen LogP contribution in [0, 0.1) is 5.92 Å². The van der Waals surface area contributed by atoms with Crippen molar-refractivity contribution < 1.29 is 4.74 Å². The summed E-state index contributed by atoms with van der Waals surface area (Å²) in [6.07, 6.45) is 2.47. The predicted molar refractivity (Wildman–Crippen MR) is 65.6 cm³/mol. The van der Waals surface area contributed by atoms with Crippen molar-refractivity contribution in [2.75, 3.05) is 19.0 Å². The fraction of sp³-hybridized carbons (Fsp3) is 0.538. The monoisotopic (exact) mass is 207 g/mol. The fourth-order valence-corrected chi connectivity index (χ4v) is 1.55. The van der Waals surface area contributed by atoms with Crippen LogP contribution in [0.5, 0.6) is 5.75 Å². The van der Waals surface area contributed by atoms with Gasteiger partial charge in [-0.15, -0.1) is 0 Å². The number of hydrogen-bond acceptors (Lipinski definition) is 2. The first-order chi connectivity index (χ1) is 7.30. The van der Waals surface area contributed by atoms with Crippen LogP contribution < -0.4 is 10.1 Å². The minimum absolute atomic E-state index is 0.770. The molecule has 0 bridgehead atoms. The molecule has 0 aliphatic rings. The lowest BCUT2D eigenvalue weighted by Crippen LogP contribution is -2.12. The summed E-state index contributed by atoms with van der Waals surface area (Å²) in [6, 6.07) is 8.08. The highest BCUT2D eigenvalue weighted by Crippen LogP contribution is 2.16. The number of anilines is 1. The summed E-state index contributed by atoms with van der Waals surface area (Å²) in [5, 5.41) is 3.44. The molecule has 2 heteroatoms. The number of hydrogen-bond donors (Lipinski definition) is 1. The molecule has 1 aromatic rings. The van der Waals surface area contributed by atoms with E-state index >= 15 is 0 Å². The molecule has 0 heterocycles. The molecule has 0 aliphatic heterocycles. The van der Waals surface area contributed by atoms with Gasteiger partial charge in [0.25, 0.3) is 0 Å². The van der Waals surface area contributed by atoms with E-state index in [1.807, 2.05) is 12.1 Å². The molecule has 0 saturated carbocycles. The molecule has 0 amide bonds. The van der Waals surface area contributed by atoms with Gasteiger partial charge in [0.2, 0.25) is 0 Å². The van der Waals surface area contributed by atoms with E-state index in [1.165, 1.54) is 18.5 Å². The third-order valence-electron chi connectivity index (χ3n) is 2.84. The summed E-state index contributed by atoms with van der Waals surface area (Å²) in [7, 11) is 1.69. The Kier molecular flexibility index (Phi) is 5.02. The maximum Gasteiger partial charge on any atom is 0.119 e. The number of methoxy groups -OCH3 is 1. The van der Waals surface area contributed by atoms with Gasteiger partial charge in [0.15, 0.2) is 0 Å². The summed E-state index contributed by atoms with van der Waals surface area (Å²) >= 11 is 0. The number of ether oxygens (including phenoxy) is 1. The van der Waals surface area contributed by atoms with E-state index in [0.717, 1.165) is 18.2 Å². The molecule has 2 nitrogen and oxygen atoms in total. The molecule has 15 heavy (non-hydrogen) atoms. The summed E-state index contributed by atoms with van der Waals surface area (Å²) < 4.78 is 5.11. The average molecular weight is 207 g/mol. The maximum atomic E-state index is 5.11. The molecular weight excluding hydrogens is 186 g/mol. The SMILES string of the molecule is CCC(CC)CNc1ccc(OC)cc1. The minimum Gasteiger partial charge on any atom is -0.497 e. The van der Waals surface area contributed by atoms with Crippen LogP contribution >= 0.6 is 0 Å². The molecular formula is C13H21NO. The normalized spacial score (nSPS) is 10.4. The van der Waals surface area contributed by atoms with Gasteiger partial charge < -0.3 is 10.1 Å². The Morgan fingerprint density at radius 3 is 2.20 bits per heavy atom. The topological polar surface area (TPSA) is 21.3 Å². The van der Waals surface area contributed by atoms with Crippen molar-refractivity contribution in [2.45, 2.75) is 26.7 Å². The molecule has 0 atom stereocenters. The lowest BCUT2D eigenvalue weighted by atomic mass is 10.0. The largest absolute Gasteiger partial charge is 0.497 e. The maximum absolute atomic E-state index is 5.11. The first kappa shape index (κ1) is 11.9. The van der Waals surface area contributed by atoms with E-state index in [9.17, 15) is 0 Å². The third kappa shape index (κ3) is 3.82. The van der Waals surface area contributed by atoms with Crippen LogP contribution in [-0.2, 0) is 0 Å². The molecule has 0 aliphatic carbocycles. The second-order valence-electron chi connectivity index (χ2n) is 3.79. The molecule has 0 unspecified atom stereocenters. The van der Waals surface area contributed by atoms with Crippen molar-refractivity contribution in [3.8, 4) is 5.75 Å². The Balaban J connectivity index is 2.43. The summed E-state index contributed by atoms with van der Waals surface area (Å²) in [5.41, 5.74) is 1.17. The Bertz CT molecular complexity index is 264. The zero-order chi connectivity index (χ0) is 11.1. The van der Waals surface area contributed by atoms with Crippen molar-refractivity contribution in [1.29, 1.82) is 0 Å². The van der Waals surface area contributed by atoms with E-state index in [2.05, 4.69) is 31.3 Å². The number of benzene rings is 1. The van der Waals surface area contributed by atoms with E-state index in [0.29, 0.717) is 0 Å². The quantitative estimate of drug-likeness (QED) is 0.770. The molecule has 1 N–H and O–H groups in total. The molecule has 0 spiro atoms. The molecule has 0 saturated heterocycles. The average Bonchev–Trinajstić information content (AvgIpc) is 2.31. The summed E-state index contributed by atoms with van der Waals surface area (Å²) in [4.78, 5) is 0. The number of rotatable bonds is 6. The van der Waals surface area contributed by atoms with Crippen LogP contribution in [0.4, 0.5) is 5.69 Å². The van der Waals surface area contributed by atoms with Crippen molar-refractivity contribution in [3.63, 3.8) is 0 Å². The molecule has 1 rings (SSSR count). The van der Waals surface area contributed by atoms with Gasteiger partial charge in [-0.3, -0.25) is 0 Å². The Hall–Kier alpha value is -1.18. The van der Waals surface area contributed by atoms with Gasteiger partial charge in [-0.2, -0.15) is 0 Å². The number of nitrogens with one attached hydrogen (secondary N) is 1. The van der Waals surface area contributed by atoms with E-state index in [4.69, 9.17) is 4.74 Å². The van der Waals surface area contributed by atoms with Crippen molar-refractivity contribution >= 4 is 5.69 Å². The molecule has 1 aromatic carbocycles. The zero-order valence-corrected chi connectivity index (χ0v) is 9.92. The highest BCUT2D eigenvalue weighted by Gasteiger charge is 2.02. The van der Waals surface area contributed by atoms with Crippen LogP contribution in [0.15, 0.2) is 24.3 Å². The van der Waals surface area contributed by atoms with Gasteiger partial charge in [0, 0.05) is 12.2 Å². The minimum atomic E-state index is 0.770. The Labute approximate surface area is 92.6 Å². The fourth-order valence-electron chi connectivity index (χ4n) is 1.55. The standard InChI is InChI=1S/C13H21NO/c1-4-11(5-2)10-14-12-6-8-13(15-3)9-7-12/h6-9,11,14H,4-5,10H2,1-3H3. The van der Waals surface area contributed by atoms with Crippen molar-refractivity contribution in [1.82, 2.24) is 0 Å². The smallest absolute Gasteiger partial charge is 0.119 e. The van der Waals surface area contributed by atoms with Gasteiger partial charge in [-0.05, 0) is 30.2 Å². The molecule has 0 radical (unpaired) electrons. The van der Waals surface area contributed by atoms with Gasteiger partial charge in [-0.25, -0.2) is 0 Å². The van der Waals surface area contributed by atoms with Crippen molar-refractivity contribution in [2.24, 2.45) is 5.92 Å². The second-order valence-corrected chi connectivity index (χ2v) is 3.79. The van der Waals surface area contributed by atoms with Gasteiger partial charge in [0.05, 0.1) is 7.11 Å². The van der Waals surface area contributed by atoms with Crippen LogP contribution in [0.25, 0.3) is 0 Å². The Morgan fingerprint density at radius 2 is 1.73 bits per heavy atom. The molecule has 84 valence electrons. The summed E-state index contributed by atoms with van der Waals surface area (Å²) in [6.45, 7) is 5.53. The van der Waals surface area contributed by atoms with E-state index in [1.54, 1.807) is 7.11 Å². The van der Waals surface area contributed by atoms with Gasteiger partial charge in [-0.1, -0.05) is 26.7 Å². The first-order valence-electron chi connectivity index (χ1n) is 5.68. The van der Waals surface area contributed by atoms with Crippen LogP contribution in [0.1, 0.15) is 26.7 Å². The van der Waals surface area contributed by atoms with Gasteiger partial charge >= 0.3 is 0 Å². The lowest BCUT2D eigenvalue weighted by molar-refractivity contribution is 0.415. The summed E-state index contributed by atoms with van der Waals surface area (Å²) in [5.74, 6) is 1.68. The van der Waals surface area contributed by atoms with Crippen LogP contribution in [0.3, 0.4) is 0 Å². The zero-order valence-electron chi connectivity index (χ0n) is 9.92. The second kappa shape index (κ2) is 6.33. The van der Waals surface area contributed by atoms with Crippen LogP contribution in [-0.4, -0.2) is 13.7 Å². The molecule has 0 fully saturated rings. The van der Waals surface area contributed by atoms with Crippen molar-refractivity contribution in [3.05, 3.63) is 24.3 Å². The predicted octanol–water partition coefficient (Wildman–Crippen LogP) is 3.54. The lowest BCUT2D eigenvalue weighted by Gasteiger charge is -2.14. The van der Waals surface area contributed by atoms with E-state index < -0.39 is 0 Å². The van der Waals surface area contributed by atoms with Gasteiger partial charge in [0.1, 0.15) is 5.75 Å².